The highest BCUT2D eigenvalue weighted by molar-refractivity contribution is 9.09. The molecule has 3 aromatic carbocycles. The Bertz CT molecular complexity index is 909. The molecule has 0 fully saturated rings. The van der Waals surface area contributed by atoms with Crippen molar-refractivity contribution >= 4 is 43.0 Å². The zero-order valence-corrected chi connectivity index (χ0v) is 21.7. The summed E-state index contributed by atoms with van der Waals surface area (Å²) in [4.78, 5) is 0. The summed E-state index contributed by atoms with van der Waals surface area (Å²) in [6.07, 6.45) is 2.92. The van der Waals surface area contributed by atoms with Crippen LogP contribution in [0.5, 0.6) is 11.5 Å². The van der Waals surface area contributed by atoms with E-state index in [-0.39, 0.29) is 0 Å². The highest BCUT2D eigenvalue weighted by Crippen LogP contribution is 2.35. The fraction of sp³-hybridized carbons (Fsp3) is 0.286. The van der Waals surface area contributed by atoms with E-state index in [1.54, 1.807) is 0 Å². The van der Waals surface area contributed by atoms with Crippen molar-refractivity contribution in [1.82, 2.24) is 0 Å². The summed E-state index contributed by atoms with van der Waals surface area (Å²) in [5, 5.41) is 1.90. The van der Waals surface area contributed by atoms with Crippen molar-refractivity contribution in [3.63, 3.8) is 0 Å². The molecule has 3 rings (SSSR count). The largest absolute Gasteiger partial charge is 0.494 e. The molecule has 0 atom stereocenters. The third-order valence-electron chi connectivity index (χ3n) is 5.16. The monoisotopic (exact) mass is 556 g/mol. The molecule has 0 bridgehead atoms. The van der Waals surface area contributed by atoms with Gasteiger partial charge in [0, 0.05) is 10.7 Å². The van der Waals surface area contributed by atoms with Gasteiger partial charge in [0.05, 0.1) is 13.2 Å². The molecule has 0 aromatic heterocycles. The van der Waals surface area contributed by atoms with Crippen LogP contribution in [0.1, 0.15) is 42.9 Å². The molecule has 0 saturated carbocycles. The van der Waals surface area contributed by atoms with Crippen LogP contribution in [-0.4, -0.2) is 23.9 Å². The number of hydrogen-bond donors (Lipinski definition) is 0. The fourth-order valence-corrected chi connectivity index (χ4v) is 4.06. The highest BCUT2D eigenvalue weighted by Gasteiger charge is 2.13. The lowest BCUT2D eigenvalue weighted by Gasteiger charge is -2.17. The Morgan fingerprint density at radius 2 is 1.09 bits per heavy atom. The van der Waals surface area contributed by atoms with Crippen LogP contribution >= 0.6 is 31.9 Å². The van der Waals surface area contributed by atoms with E-state index in [1.807, 2.05) is 0 Å². The maximum atomic E-state index is 5.85. The van der Waals surface area contributed by atoms with Gasteiger partial charge in [0.1, 0.15) is 11.5 Å². The second-order valence-electron chi connectivity index (χ2n) is 7.40. The molecule has 0 aliphatic heterocycles. The van der Waals surface area contributed by atoms with Gasteiger partial charge in [-0.3, -0.25) is 0 Å². The molecule has 3 aromatic rings. The Labute approximate surface area is 208 Å². The summed E-state index contributed by atoms with van der Waals surface area (Å²) >= 11 is 6.90. The zero-order chi connectivity index (χ0) is 22.6. The second-order valence-corrected chi connectivity index (χ2v) is 8.99. The molecule has 0 N–H and O–H groups in total. The van der Waals surface area contributed by atoms with Crippen LogP contribution in [0.25, 0.3) is 11.1 Å². The van der Waals surface area contributed by atoms with Gasteiger partial charge in [0.2, 0.25) is 0 Å². The molecule has 0 heterocycles. The van der Waals surface area contributed by atoms with Crippen LogP contribution < -0.4 is 9.47 Å². The highest BCUT2D eigenvalue weighted by atomic mass is 79.9. The van der Waals surface area contributed by atoms with Crippen molar-refractivity contribution in [1.29, 1.82) is 0 Å². The van der Waals surface area contributed by atoms with Crippen molar-refractivity contribution in [2.75, 3.05) is 23.9 Å². The predicted molar refractivity (Wildman–Crippen MR) is 143 cm³/mol. The van der Waals surface area contributed by atoms with Gasteiger partial charge in [-0.1, -0.05) is 93.4 Å². The standard InChI is InChI=1S/C28H30Br2O2/c1-2-27(22-8-4-3-5-9-22)28(23-10-14-25(15-11-23)31-20-6-18-29)24-12-16-26(17-13-24)32-21-7-19-30/h3-5,8-17H,2,6-7,18-21H2,1H3. The number of benzene rings is 3. The number of halogens is 2. The number of alkyl halides is 2. The third-order valence-corrected chi connectivity index (χ3v) is 6.28. The molecule has 168 valence electrons. The minimum absolute atomic E-state index is 0.716. The van der Waals surface area contributed by atoms with Gasteiger partial charge in [-0.05, 0) is 71.4 Å². The topological polar surface area (TPSA) is 18.5 Å². The summed E-state index contributed by atoms with van der Waals surface area (Å²) < 4.78 is 11.7. The van der Waals surface area contributed by atoms with Gasteiger partial charge in [-0.15, -0.1) is 0 Å². The van der Waals surface area contributed by atoms with E-state index in [0.717, 1.165) is 41.4 Å². The van der Waals surface area contributed by atoms with Crippen molar-refractivity contribution in [3.05, 3.63) is 95.6 Å². The minimum atomic E-state index is 0.716. The minimum Gasteiger partial charge on any atom is -0.494 e. The van der Waals surface area contributed by atoms with Crippen LogP contribution in [0.15, 0.2) is 78.9 Å². The molecule has 2 nitrogen and oxygen atoms in total. The van der Waals surface area contributed by atoms with Gasteiger partial charge in [0.25, 0.3) is 0 Å². The normalized spacial score (nSPS) is 10.6. The SMILES string of the molecule is CCC(=C(c1ccc(OCCCBr)cc1)c1ccc(OCCCBr)cc1)c1ccccc1. The van der Waals surface area contributed by atoms with Gasteiger partial charge in [0.15, 0.2) is 0 Å². The van der Waals surface area contributed by atoms with Gasteiger partial charge < -0.3 is 9.47 Å². The van der Waals surface area contributed by atoms with Gasteiger partial charge in [-0.2, -0.15) is 0 Å². The molecular weight excluding hydrogens is 528 g/mol. The van der Waals surface area contributed by atoms with E-state index in [0.29, 0.717) is 13.2 Å². The van der Waals surface area contributed by atoms with Crippen molar-refractivity contribution in [2.45, 2.75) is 26.2 Å². The second kappa shape index (κ2) is 13.5. The van der Waals surface area contributed by atoms with E-state index >= 15 is 0 Å². The lowest BCUT2D eigenvalue weighted by Crippen LogP contribution is -1.99. The fourth-order valence-electron chi connectivity index (χ4n) is 3.60. The van der Waals surface area contributed by atoms with Crippen LogP contribution in [0, 0.1) is 0 Å². The average Bonchev–Trinajstić information content (AvgIpc) is 2.84. The van der Waals surface area contributed by atoms with Crippen LogP contribution in [0.2, 0.25) is 0 Å². The van der Waals surface area contributed by atoms with Crippen molar-refractivity contribution in [3.8, 4) is 11.5 Å². The first kappa shape index (κ1) is 24.6. The molecule has 0 amide bonds. The Kier molecular flexibility index (Phi) is 10.4. The summed E-state index contributed by atoms with van der Waals surface area (Å²) in [5.74, 6) is 1.81. The average molecular weight is 558 g/mol. The maximum Gasteiger partial charge on any atom is 0.119 e. The van der Waals surface area contributed by atoms with Gasteiger partial charge >= 0.3 is 0 Å². The van der Waals surface area contributed by atoms with Gasteiger partial charge in [-0.25, -0.2) is 0 Å². The number of hydrogen-bond acceptors (Lipinski definition) is 2. The van der Waals surface area contributed by atoms with E-state index in [4.69, 9.17) is 9.47 Å². The molecule has 0 radical (unpaired) electrons. The lowest BCUT2D eigenvalue weighted by molar-refractivity contribution is 0.319. The summed E-state index contributed by atoms with van der Waals surface area (Å²) in [7, 11) is 0. The molecule has 0 aliphatic rings. The van der Waals surface area contributed by atoms with E-state index in [9.17, 15) is 0 Å². The van der Waals surface area contributed by atoms with E-state index in [1.165, 1.54) is 27.8 Å². The first-order valence-electron chi connectivity index (χ1n) is 11.1. The molecule has 4 heteroatoms. The van der Waals surface area contributed by atoms with E-state index < -0.39 is 0 Å². The zero-order valence-electron chi connectivity index (χ0n) is 18.5. The maximum absolute atomic E-state index is 5.85. The Hall–Kier alpha value is -2.04. The molecule has 0 saturated heterocycles. The molecule has 0 spiro atoms. The third kappa shape index (κ3) is 6.98. The van der Waals surface area contributed by atoms with E-state index in [2.05, 4.69) is 118 Å². The van der Waals surface area contributed by atoms with Crippen molar-refractivity contribution < 1.29 is 9.47 Å². The molecule has 0 unspecified atom stereocenters. The molecular formula is C28H30Br2O2. The summed E-state index contributed by atoms with van der Waals surface area (Å²) in [5.41, 5.74) is 6.20. The lowest BCUT2D eigenvalue weighted by atomic mass is 9.88. The number of ether oxygens (including phenoxy) is 2. The summed E-state index contributed by atoms with van der Waals surface area (Å²) in [6.45, 7) is 3.65. The molecule has 32 heavy (non-hydrogen) atoms. The predicted octanol–water partition coefficient (Wildman–Crippen LogP) is 8.38. The Morgan fingerprint density at radius 1 is 0.625 bits per heavy atom. The quantitative estimate of drug-likeness (QED) is 0.126. The Balaban J connectivity index is 1.98. The smallest absolute Gasteiger partial charge is 0.119 e. The first-order chi connectivity index (χ1) is 15.8. The number of allylic oxidation sites excluding steroid dienone is 1. The first-order valence-corrected chi connectivity index (χ1v) is 13.4. The number of rotatable bonds is 12. The Morgan fingerprint density at radius 3 is 1.50 bits per heavy atom. The molecule has 0 aliphatic carbocycles. The van der Waals surface area contributed by atoms with Crippen LogP contribution in [0.3, 0.4) is 0 Å². The summed E-state index contributed by atoms with van der Waals surface area (Å²) in [6, 6.07) is 27.6. The van der Waals surface area contributed by atoms with Crippen LogP contribution in [0.4, 0.5) is 0 Å². The van der Waals surface area contributed by atoms with Crippen molar-refractivity contribution in [2.24, 2.45) is 0 Å². The van der Waals surface area contributed by atoms with Crippen LogP contribution in [-0.2, 0) is 0 Å².